The first kappa shape index (κ1) is 23.8. The molecule has 33 heavy (non-hydrogen) atoms. The Morgan fingerprint density at radius 3 is 2.39 bits per heavy atom. The number of nitrogens with zero attached hydrogens (tertiary/aromatic N) is 1. The maximum atomic E-state index is 12.2. The van der Waals surface area contributed by atoms with Crippen molar-refractivity contribution in [3.05, 3.63) is 87.9 Å². The van der Waals surface area contributed by atoms with Gasteiger partial charge in [-0.1, -0.05) is 29.3 Å². The number of halogens is 2. The average Bonchev–Trinajstić information content (AvgIpc) is 2.82. The number of carbonyl (C=O) groups is 3. The molecule has 2 amide bonds. The van der Waals surface area contributed by atoms with E-state index in [9.17, 15) is 14.4 Å². The number of esters is 1. The molecular formula is C23H17Cl2N3O5. The molecule has 0 radical (unpaired) electrons. The zero-order valence-corrected chi connectivity index (χ0v) is 18.7. The SMILES string of the molecule is COc1cccc(C(=O)Oc2ccc(C=NNC(=O)C(=O)Nc3cc(Cl)ccc3Cl)cc2)c1. The van der Waals surface area contributed by atoms with Crippen LogP contribution in [0.1, 0.15) is 15.9 Å². The van der Waals surface area contributed by atoms with E-state index in [0.717, 1.165) is 0 Å². The van der Waals surface area contributed by atoms with Gasteiger partial charge in [0, 0.05) is 5.02 Å². The van der Waals surface area contributed by atoms with Crippen LogP contribution in [0.25, 0.3) is 0 Å². The van der Waals surface area contributed by atoms with Gasteiger partial charge in [-0.3, -0.25) is 9.59 Å². The number of rotatable bonds is 6. The summed E-state index contributed by atoms with van der Waals surface area (Å²) in [5.41, 5.74) is 3.25. The molecule has 168 valence electrons. The molecule has 0 heterocycles. The van der Waals surface area contributed by atoms with Crippen molar-refractivity contribution in [2.24, 2.45) is 5.10 Å². The third-order valence-electron chi connectivity index (χ3n) is 4.16. The summed E-state index contributed by atoms with van der Waals surface area (Å²) in [6.45, 7) is 0. The first-order valence-electron chi connectivity index (χ1n) is 9.41. The molecule has 3 aromatic rings. The minimum Gasteiger partial charge on any atom is -0.497 e. The van der Waals surface area contributed by atoms with Gasteiger partial charge in [0.1, 0.15) is 11.5 Å². The Morgan fingerprint density at radius 1 is 0.909 bits per heavy atom. The van der Waals surface area contributed by atoms with Crippen molar-refractivity contribution < 1.29 is 23.9 Å². The average molecular weight is 486 g/mol. The molecule has 0 spiro atoms. The van der Waals surface area contributed by atoms with Gasteiger partial charge >= 0.3 is 17.8 Å². The van der Waals surface area contributed by atoms with Crippen LogP contribution in [-0.4, -0.2) is 31.1 Å². The van der Waals surface area contributed by atoms with E-state index in [2.05, 4.69) is 15.8 Å². The van der Waals surface area contributed by atoms with Crippen molar-refractivity contribution in [3.63, 3.8) is 0 Å². The molecular weight excluding hydrogens is 469 g/mol. The number of amides is 2. The highest BCUT2D eigenvalue weighted by Gasteiger charge is 2.15. The van der Waals surface area contributed by atoms with E-state index < -0.39 is 17.8 Å². The minimum absolute atomic E-state index is 0.201. The second-order valence-corrected chi connectivity index (χ2v) is 7.31. The lowest BCUT2D eigenvalue weighted by atomic mass is 10.2. The highest BCUT2D eigenvalue weighted by Crippen LogP contribution is 2.25. The molecule has 0 atom stereocenters. The van der Waals surface area contributed by atoms with Crippen LogP contribution in [0.2, 0.25) is 10.0 Å². The largest absolute Gasteiger partial charge is 0.497 e. The third-order valence-corrected chi connectivity index (χ3v) is 4.72. The lowest BCUT2D eigenvalue weighted by molar-refractivity contribution is -0.136. The standard InChI is InChI=1S/C23H17Cl2N3O5/c1-32-18-4-2-3-15(11-18)23(31)33-17-8-5-14(6-9-17)13-26-28-22(30)21(29)27-20-12-16(24)7-10-19(20)25/h2-13H,1H3,(H,27,29)(H,28,30). The Hall–Kier alpha value is -3.88. The number of benzene rings is 3. The zero-order chi connectivity index (χ0) is 23.8. The summed E-state index contributed by atoms with van der Waals surface area (Å²) in [6.07, 6.45) is 1.32. The summed E-state index contributed by atoms with van der Waals surface area (Å²) in [5, 5.41) is 6.67. The van der Waals surface area contributed by atoms with Crippen LogP contribution in [0.4, 0.5) is 5.69 Å². The zero-order valence-electron chi connectivity index (χ0n) is 17.2. The van der Waals surface area contributed by atoms with Gasteiger partial charge in [-0.15, -0.1) is 0 Å². The number of ether oxygens (including phenoxy) is 2. The number of nitrogens with one attached hydrogen (secondary N) is 2. The Bertz CT molecular complexity index is 1210. The highest BCUT2D eigenvalue weighted by atomic mass is 35.5. The molecule has 0 aliphatic carbocycles. The fourth-order valence-electron chi connectivity index (χ4n) is 2.53. The normalized spacial score (nSPS) is 10.5. The number of hydrogen-bond donors (Lipinski definition) is 2. The Labute approximate surface area is 199 Å². The Balaban J connectivity index is 1.53. The van der Waals surface area contributed by atoms with Crippen LogP contribution in [0.5, 0.6) is 11.5 Å². The molecule has 0 aromatic heterocycles. The maximum absolute atomic E-state index is 12.2. The molecule has 0 unspecified atom stereocenters. The second-order valence-electron chi connectivity index (χ2n) is 6.47. The summed E-state index contributed by atoms with van der Waals surface area (Å²) < 4.78 is 10.4. The van der Waals surface area contributed by atoms with Gasteiger partial charge in [-0.2, -0.15) is 5.10 Å². The topological polar surface area (TPSA) is 106 Å². The van der Waals surface area contributed by atoms with Crippen LogP contribution in [0.3, 0.4) is 0 Å². The summed E-state index contributed by atoms with van der Waals surface area (Å²) in [5.74, 6) is -1.63. The fraction of sp³-hybridized carbons (Fsp3) is 0.0435. The number of methoxy groups -OCH3 is 1. The summed E-state index contributed by atoms with van der Waals surface area (Å²) in [4.78, 5) is 36.1. The predicted octanol–water partition coefficient (Wildman–Crippen LogP) is 4.31. The van der Waals surface area contributed by atoms with E-state index in [0.29, 0.717) is 27.6 Å². The van der Waals surface area contributed by atoms with Gasteiger partial charge < -0.3 is 14.8 Å². The van der Waals surface area contributed by atoms with E-state index in [1.165, 1.54) is 25.5 Å². The Morgan fingerprint density at radius 2 is 1.67 bits per heavy atom. The summed E-state index contributed by atoms with van der Waals surface area (Å²) in [7, 11) is 1.51. The first-order valence-corrected chi connectivity index (χ1v) is 10.2. The van der Waals surface area contributed by atoms with Crippen molar-refractivity contribution in [1.29, 1.82) is 0 Å². The molecule has 3 rings (SSSR count). The van der Waals surface area contributed by atoms with Gasteiger partial charge in [0.25, 0.3) is 0 Å². The van der Waals surface area contributed by atoms with Crippen molar-refractivity contribution in [2.45, 2.75) is 0 Å². The fourth-order valence-corrected chi connectivity index (χ4v) is 2.86. The minimum atomic E-state index is -0.994. The van der Waals surface area contributed by atoms with Gasteiger partial charge in [-0.05, 0) is 66.2 Å². The quantitative estimate of drug-likeness (QED) is 0.178. The third kappa shape index (κ3) is 6.80. The van der Waals surface area contributed by atoms with Crippen LogP contribution < -0.4 is 20.2 Å². The second kappa shape index (κ2) is 11.1. The highest BCUT2D eigenvalue weighted by molar-refractivity contribution is 6.42. The van der Waals surface area contributed by atoms with Gasteiger partial charge in [0.15, 0.2) is 0 Å². The van der Waals surface area contributed by atoms with E-state index >= 15 is 0 Å². The number of carbonyl (C=O) groups excluding carboxylic acids is 3. The molecule has 0 aliphatic heterocycles. The number of anilines is 1. The van der Waals surface area contributed by atoms with Crippen LogP contribution in [0.15, 0.2) is 71.8 Å². The maximum Gasteiger partial charge on any atom is 0.343 e. The van der Waals surface area contributed by atoms with E-state index in [1.807, 2.05) is 0 Å². The Kier molecular flexibility index (Phi) is 8.01. The summed E-state index contributed by atoms with van der Waals surface area (Å²) >= 11 is 11.8. The van der Waals surface area contributed by atoms with Crippen molar-refractivity contribution in [2.75, 3.05) is 12.4 Å². The number of hydrogen-bond acceptors (Lipinski definition) is 6. The monoisotopic (exact) mass is 485 g/mol. The molecule has 10 heteroatoms. The lowest BCUT2D eigenvalue weighted by Crippen LogP contribution is -2.32. The predicted molar refractivity (Wildman–Crippen MR) is 125 cm³/mol. The van der Waals surface area contributed by atoms with Crippen molar-refractivity contribution >= 4 is 52.9 Å². The van der Waals surface area contributed by atoms with Crippen molar-refractivity contribution in [1.82, 2.24) is 5.43 Å². The molecule has 3 aromatic carbocycles. The van der Waals surface area contributed by atoms with Gasteiger partial charge in [0.2, 0.25) is 0 Å². The van der Waals surface area contributed by atoms with E-state index in [4.69, 9.17) is 32.7 Å². The summed E-state index contributed by atoms with van der Waals surface area (Å²) in [6, 6.07) is 17.4. The smallest absolute Gasteiger partial charge is 0.343 e. The molecule has 0 fully saturated rings. The molecule has 8 nitrogen and oxygen atoms in total. The first-order chi connectivity index (χ1) is 15.9. The van der Waals surface area contributed by atoms with E-state index in [-0.39, 0.29) is 10.7 Å². The van der Waals surface area contributed by atoms with Crippen molar-refractivity contribution in [3.8, 4) is 11.5 Å². The van der Waals surface area contributed by atoms with Crippen LogP contribution >= 0.6 is 23.2 Å². The van der Waals surface area contributed by atoms with Gasteiger partial charge in [-0.25, -0.2) is 10.2 Å². The van der Waals surface area contributed by atoms with Crippen LogP contribution in [0, 0.1) is 0 Å². The molecule has 0 aliphatic rings. The molecule has 2 N–H and O–H groups in total. The van der Waals surface area contributed by atoms with E-state index in [1.54, 1.807) is 54.6 Å². The molecule has 0 saturated heterocycles. The molecule has 0 saturated carbocycles. The number of hydrazone groups is 1. The molecule has 0 bridgehead atoms. The lowest BCUT2D eigenvalue weighted by Gasteiger charge is -2.06. The van der Waals surface area contributed by atoms with Crippen LogP contribution in [-0.2, 0) is 9.59 Å². The van der Waals surface area contributed by atoms with Gasteiger partial charge in [0.05, 0.1) is 29.6 Å².